The number of rotatable bonds is 5. The number of nitrogens with one attached hydrogen (secondary N) is 2. The molecule has 0 aliphatic carbocycles. The zero-order valence-corrected chi connectivity index (χ0v) is 14.6. The number of para-hydroxylation sites is 1. The quantitative estimate of drug-likeness (QED) is 0.654. The summed E-state index contributed by atoms with van der Waals surface area (Å²) in [5.74, 6) is -2.82. The van der Waals surface area contributed by atoms with Crippen LogP contribution in [0, 0.1) is 11.6 Å². The average Bonchev–Trinajstić information content (AvgIpc) is 2.70. The lowest BCUT2D eigenvalue weighted by molar-refractivity contribution is 0.0602. The Kier molecular flexibility index (Phi) is 5.54. The Hall–Kier alpha value is -3.88. The molecule has 0 radical (unpaired) electrons. The van der Waals surface area contributed by atoms with Crippen LogP contribution in [0.5, 0.6) is 0 Å². The molecule has 3 aromatic rings. The SMILES string of the molecule is COC(=O)c1ccccc1NC(=O)c1ccnc(Nc2ccc(F)cc2F)n1. The maximum absolute atomic E-state index is 13.8. The molecule has 142 valence electrons. The van der Waals surface area contributed by atoms with Gasteiger partial charge in [0, 0.05) is 12.3 Å². The number of esters is 1. The van der Waals surface area contributed by atoms with Gasteiger partial charge in [-0.15, -0.1) is 0 Å². The van der Waals surface area contributed by atoms with Gasteiger partial charge in [-0.2, -0.15) is 0 Å². The summed E-state index contributed by atoms with van der Waals surface area (Å²) in [5, 5.41) is 5.15. The second-order valence-corrected chi connectivity index (χ2v) is 5.51. The molecule has 0 saturated carbocycles. The highest BCUT2D eigenvalue weighted by atomic mass is 19.1. The third kappa shape index (κ3) is 4.26. The van der Waals surface area contributed by atoms with Crippen molar-refractivity contribution in [2.45, 2.75) is 0 Å². The van der Waals surface area contributed by atoms with Crippen molar-refractivity contribution in [1.29, 1.82) is 0 Å². The first kappa shape index (κ1) is 18.9. The third-order valence-corrected chi connectivity index (χ3v) is 3.65. The molecule has 0 aliphatic heterocycles. The maximum atomic E-state index is 13.8. The van der Waals surface area contributed by atoms with Gasteiger partial charge in [-0.25, -0.2) is 23.5 Å². The van der Waals surface area contributed by atoms with Crippen LogP contribution in [0.2, 0.25) is 0 Å². The molecule has 0 saturated heterocycles. The number of benzene rings is 2. The molecule has 0 fully saturated rings. The summed E-state index contributed by atoms with van der Waals surface area (Å²) in [4.78, 5) is 32.2. The predicted molar refractivity (Wildman–Crippen MR) is 97.4 cm³/mol. The van der Waals surface area contributed by atoms with Crippen molar-refractivity contribution in [3.63, 3.8) is 0 Å². The first-order chi connectivity index (χ1) is 13.5. The van der Waals surface area contributed by atoms with Crippen LogP contribution in [0.1, 0.15) is 20.8 Å². The number of nitrogens with zero attached hydrogens (tertiary/aromatic N) is 2. The van der Waals surface area contributed by atoms with Crippen LogP contribution in [0.4, 0.5) is 26.1 Å². The highest BCUT2D eigenvalue weighted by molar-refractivity contribution is 6.07. The van der Waals surface area contributed by atoms with Crippen LogP contribution in [0.3, 0.4) is 0 Å². The number of aromatic nitrogens is 2. The lowest BCUT2D eigenvalue weighted by Crippen LogP contribution is -2.17. The van der Waals surface area contributed by atoms with Crippen molar-refractivity contribution in [1.82, 2.24) is 9.97 Å². The lowest BCUT2D eigenvalue weighted by atomic mass is 10.1. The van der Waals surface area contributed by atoms with Gasteiger partial charge in [0.15, 0.2) is 0 Å². The van der Waals surface area contributed by atoms with Crippen LogP contribution >= 0.6 is 0 Å². The minimum atomic E-state index is -0.828. The fourth-order valence-corrected chi connectivity index (χ4v) is 2.32. The van der Waals surface area contributed by atoms with E-state index in [2.05, 4.69) is 25.3 Å². The largest absolute Gasteiger partial charge is 0.465 e. The van der Waals surface area contributed by atoms with Gasteiger partial charge in [0.1, 0.15) is 17.3 Å². The standard InChI is InChI=1S/C19H14F2N4O3/c1-28-18(27)12-4-2-3-5-14(12)23-17(26)16-8-9-22-19(25-16)24-15-7-6-11(20)10-13(15)21/h2-10H,1H3,(H,23,26)(H,22,24,25). The minimum Gasteiger partial charge on any atom is -0.465 e. The number of methoxy groups -OCH3 is 1. The molecule has 7 nitrogen and oxygen atoms in total. The number of hydrogen-bond acceptors (Lipinski definition) is 6. The van der Waals surface area contributed by atoms with Crippen LogP contribution in [-0.4, -0.2) is 29.0 Å². The van der Waals surface area contributed by atoms with Crippen LogP contribution in [-0.2, 0) is 4.74 Å². The van der Waals surface area contributed by atoms with E-state index in [-0.39, 0.29) is 28.6 Å². The van der Waals surface area contributed by atoms with Crippen LogP contribution in [0.25, 0.3) is 0 Å². The molecule has 1 heterocycles. The Labute approximate surface area is 158 Å². The summed E-state index contributed by atoms with van der Waals surface area (Å²) in [7, 11) is 1.23. The van der Waals surface area contributed by atoms with Gasteiger partial charge in [0.2, 0.25) is 5.95 Å². The predicted octanol–water partition coefficient (Wildman–Crippen LogP) is 3.54. The molecule has 9 heteroatoms. The molecule has 2 N–H and O–H groups in total. The van der Waals surface area contributed by atoms with E-state index in [9.17, 15) is 18.4 Å². The summed E-state index contributed by atoms with van der Waals surface area (Å²) in [6.07, 6.45) is 1.30. The zero-order valence-electron chi connectivity index (χ0n) is 14.6. The van der Waals surface area contributed by atoms with E-state index in [0.29, 0.717) is 6.07 Å². The molecule has 3 rings (SSSR count). The fourth-order valence-electron chi connectivity index (χ4n) is 2.32. The number of carbonyl (C=O) groups excluding carboxylic acids is 2. The Morgan fingerprint density at radius 1 is 1.04 bits per heavy atom. The van der Waals surface area contributed by atoms with E-state index in [0.717, 1.165) is 6.07 Å². The smallest absolute Gasteiger partial charge is 0.339 e. The third-order valence-electron chi connectivity index (χ3n) is 3.65. The van der Waals surface area contributed by atoms with E-state index in [1.165, 1.54) is 31.5 Å². The second-order valence-electron chi connectivity index (χ2n) is 5.51. The first-order valence-corrected chi connectivity index (χ1v) is 8.01. The van der Waals surface area contributed by atoms with Gasteiger partial charge < -0.3 is 15.4 Å². The fraction of sp³-hybridized carbons (Fsp3) is 0.0526. The summed E-state index contributed by atoms with van der Waals surface area (Å²) in [5.41, 5.74) is 0.353. The van der Waals surface area contributed by atoms with Crippen molar-refractivity contribution < 1.29 is 23.1 Å². The molecule has 0 bridgehead atoms. The van der Waals surface area contributed by atoms with E-state index in [1.54, 1.807) is 18.2 Å². The summed E-state index contributed by atoms with van der Waals surface area (Å²) < 4.78 is 31.4. The highest BCUT2D eigenvalue weighted by Gasteiger charge is 2.16. The summed E-state index contributed by atoms with van der Waals surface area (Å²) >= 11 is 0. The summed E-state index contributed by atoms with van der Waals surface area (Å²) in [6.45, 7) is 0. The molecule has 0 aliphatic rings. The zero-order chi connectivity index (χ0) is 20.1. The number of anilines is 3. The Morgan fingerprint density at radius 3 is 2.57 bits per heavy atom. The normalized spacial score (nSPS) is 10.2. The van der Waals surface area contributed by atoms with Crippen LogP contribution in [0.15, 0.2) is 54.7 Å². The van der Waals surface area contributed by atoms with Crippen molar-refractivity contribution in [3.8, 4) is 0 Å². The van der Waals surface area contributed by atoms with Crippen LogP contribution < -0.4 is 10.6 Å². The molecule has 0 spiro atoms. The topological polar surface area (TPSA) is 93.2 Å². The van der Waals surface area contributed by atoms with Gasteiger partial charge in [0.25, 0.3) is 5.91 Å². The molecule has 28 heavy (non-hydrogen) atoms. The Morgan fingerprint density at radius 2 is 1.82 bits per heavy atom. The van der Waals surface area contributed by atoms with Gasteiger partial charge in [-0.1, -0.05) is 12.1 Å². The monoisotopic (exact) mass is 384 g/mol. The maximum Gasteiger partial charge on any atom is 0.339 e. The second kappa shape index (κ2) is 8.21. The minimum absolute atomic E-state index is 0.0281. The molecular formula is C19H14F2N4O3. The Bertz CT molecular complexity index is 1040. The first-order valence-electron chi connectivity index (χ1n) is 8.01. The Balaban J connectivity index is 1.81. The van der Waals surface area contributed by atoms with E-state index < -0.39 is 23.5 Å². The molecule has 1 aromatic heterocycles. The molecule has 1 amide bonds. The van der Waals surface area contributed by atoms with E-state index >= 15 is 0 Å². The van der Waals surface area contributed by atoms with Gasteiger partial charge >= 0.3 is 5.97 Å². The highest BCUT2D eigenvalue weighted by Crippen LogP contribution is 2.19. The average molecular weight is 384 g/mol. The van der Waals surface area contributed by atoms with Gasteiger partial charge in [-0.05, 0) is 30.3 Å². The van der Waals surface area contributed by atoms with Crippen molar-refractivity contribution >= 4 is 29.2 Å². The molecule has 0 atom stereocenters. The van der Waals surface area contributed by atoms with Gasteiger partial charge in [0.05, 0.1) is 24.0 Å². The van der Waals surface area contributed by atoms with Crippen molar-refractivity contribution in [2.24, 2.45) is 0 Å². The van der Waals surface area contributed by atoms with Gasteiger partial charge in [-0.3, -0.25) is 4.79 Å². The number of carbonyl (C=O) groups is 2. The number of amides is 1. The van der Waals surface area contributed by atoms with E-state index in [4.69, 9.17) is 0 Å². The van der Waals surface area contributed by atoms with Crippen molar-refractivity contribution in [3.05, 3.63) is 77.6 Å². The van der Waals surface area contributed by atoms with Crippen molar-refractivity contribution in [2.75, 3.05) is 17.7 Å². The molecular weight excluding hydrogens is 370 g/mol. The lowest BCUT2D eigenvalue weighted by Gasteiger charge is -2.10. The number of halogens is 2. The molecule has 2 aromatic carbocycles. The number of hydrogen-bond donors (Lipinski definition) is 2. The van der Waals surface area contributed by atoms with E-state index in [1.807, 2.05) is 0 Å². The molecule has 0 unspecified atom stereocenters. The number of ether oxygens (including phenoxy) is 1. The summed E-state index contributed by atoms with van der Waals surface area (Å²) in [6, 6.07) is 10.6.